The summed E-state index contributed by atoms with van der Waals surface area (Å²) in [6, 6.07) is 34.3. The summed E-state index contributed by atoms with van der Waals surface area (Å²) in [6.45, 7) is 17.9. The number of benzene rings is 4. The zero-order valence-electron chi connectivity index (χ0n) is 29.4. The van der Waals surface area contributed by atoms with Gasteiger partial charge in [0, 0.05) is 35.0 Å². The molecule has 0 aliphatic heterocycles. The van der Waals surface area contributed by atoms with Gasteiger partial charge in [0.15, 0.2) is 0 Å². The van der Waals surface area contributed by atoms with Crippen LogP contribution in [-0.2, 0) is 26.5 Å². The summed E-state index contributed by atoms with van der Waals surface area (Å²) in [7, 11) is 0. The van der Waals surface area contributed by atoms with E-state index < -0.39 is 0 Å². The Morgan fingerprint density at radius 3 is 2.20 bits per heavy atom. The average Bonchev–Trinajstić information content (AvgIpc) is 3.67. The van der Waals surface area contributed by atoms with Gasteiger partial charge in [0.2, 0.25) is 0 Å². The molecule has 0 aliphatic rings. The Bertz CT molecular complexity index is 2260. The summed E-state index contributed by atoms with van der Waals surface area (Å²) < 4.78 is 10.5. The third kappa shape index (κ3) is 6.62. The first kappa shape index (κ1) is 34.4. The van der Waals surface area contributed by atoms with E-state index in [2.05, 4.69) is 133 Å². The van der Waals surface area contributed by atoms with E-state index in [1.807, 2.05) is 41.3 Å². The van der Waals surface area contributed by atoms with Crippen molar-refractivity contribution in [3.05, 3.63) is 132 Å². The molecule has 250 valence electrons. The SMILES string of the molecule is Cc1cc(C(C)C)c(-c2cnn(-c3[c-]c(Oc4[c-]c5c(cc4)c4ccccc4n5-c4cc(C(C)(C)C)ccn4)ccc3)c2)c(C(C)C)c1.[Pt+2]. The van der Waals surface area contributed by atoms with Crippen molar-refractivity contribution in [1.82, 2.24) is 19.3 Å². The Morgan fingerprint density at radius 1 is 0.776 bits per heavy atom. The van der Waals surface area contributed by atoms with Crippen LogP contribution in [-0.4, -0.2) is 19.3 Å². The number of fused-ring (bicyclic) bond motifs is 3. The third-order valence-electron chi connectivity index (χ3n) is 9.08. The Labute approximate surface area is 304 Å². The summed E-state index contributed by atoms with van der Waals surface area (Å²) in [5.41, 5.74) is 10.4. The van der Waals surface area contributed by atoms with E-state index in [0.29, 0.717) is 23.3 Å². The van der Waals surface area contributed by atoms with Crippen LogP contribution in [0.5, 0.6) is 11.5 Å². The van der Waals surface area contributed by atoms with Gasteiger partial charge < -0.3 is 9.30 Å². The zero-order valence-corrected chi connectivity index (χ0v) is 31.7. The molecule has 0 unspecified atom stereocenters. The molecule has 0 amide bonds. The fourth-order valence-electron chi connectivity index (χ4n) is 6.60. The fraction of sp³-hybridized carbons (Fsp3) is 0.256. The van der Waals surface area contributed by atoms with Gasteiger partial charge in [-0.15, -0.1) is 35.7 Å². The standard InChI is InChI=1S/C43H42N4O.Pt/c1-27(2)37-20-29(5)21-38(28(3)4)42(37)30-25-45-46(26-30)32-12-11-13-33(23-32)48-34-16-17-36-35-14-9-10-15-39(35)47(40(36)24-34)41-22-31(18-19-44-41)43(6,7)8;/h9-22,25-28H,1-8H3;/q-2;+2. The van der Waals surface area contributed by atoms with Crippen molar-refractivity contribution in [2.75, 3.05) is 0 Å². The number of para-hydroxylation sites is 1. The van der Waals surface area contributed by atoms with Crippen molar-refractivity contribution < 1.29 is 25.8 Å². The molecule has 0 spiro atoms. The first-order chi connectivity index (χ1) is 23.0. The smallest absolute Gasteiger partial charge is 0.509 e. The molecule has 0 N–H and O–H groups in total. The summed E-state index contributed by atoms with van der Waals surface area (Å²) in [6.07, 6.45) is 5.96. The number of pyridine rings is 1. The first-order valence-electron chi connectivity index (χ1n) is 16.8. The molecule has 49 heavy (non-hydrogen) atoms. The Balaban J connectivity index is 0.00000417. The minimum Gasteiger partial charge on any atom is -0.509 e. The van der Waals surface area contributed by atoms with E-state index in [0.717, 1.165) is 38.9 Å². The Hall–Kier alpha value is -4.47. The van der Waals surface area contributed by atoms with Crippen molar-refractivity contribution in [2.45, 2.75) is 72.6 Å². The zero-order chi connectivity index (χ0) is 33.7. The van der Waals surface area contributed by atoms with Crippen molar-refractivity contribution in [1.29, 1.82) is 0 Å². The molecule has 0 fully saturated rings. The van der Waals surface area contributed by atoms with Gasteiger partial charge in [-0.3, -0.25) is 4.68 Å². The number of ether oxygens (including phenoxy) is 1. The molecule has 7 rings (SSSR count). The monoisotopic (exact) mass is 825 g/mol. The van der Waals surface area contributed by atoms with Gasteiger partial charge >= 0.3 is 21.1 Å². The van der Waals surface area contributed by atoms with E-state index in [9.17, 15) is 0 Å². The summed E-state index contributed by atoms with van der Waals surface area (Å²) in [5.74, 6) is 2.86. The van der Waals surface area contributed by atoms with E-state index in [-0.39, 0.29) is 26.5 Å². The molecule has 3 heterocycles. The second kappa shape index (κ2) is 13.4. The molecule has 4 aromatic carbocycles. The van der Waals surface area contributed by atoms with Gasteiger partial charge in [0.25, 0.3) is 0 Å². The molecule has 0 atom stereocenters. The topological polar surface area (TPSA) is 44.9 Å². The number of nitrogens with zero attached hydrogens (tertiary/aromatic N) is 4. The Morgan fingerprint density at radius 2 is 1.49 bits per heavy atom. The van der Waals surface area contributed by atoms with Crippen LogP contribution in [0.25, 0.3) is 44.4 Å². The van der Waals surface area contributed by atoms with E-state index in [1.165, 1.54) is 27.8 Å². The summed E-state index contributed by atoms with van der Waals surface area (Å²) >= 11 is 0. The number of rotatable bonds is 7. The van der Waals surface area contributed by atoms with Crippen LogP contribution >= 0.6 is 0 Å². The van der Waals surface area contributed by atoms with Crippen LogP contribution in [0.2, 0.25) is 0 Å². The molecule has 3 aromatic heterocycles. The van der Waals surface area contributed by atoms with Gasteiger partial charge in [-0.25, -0.2) is 4.98 Å². The maximum atomic E-state index is 6.43. The molecule has 0 saturated carbocycles. The van der Waals surface area contributed by atoms with E-state index >= 15 is 0 Å². The van der Waals surface area contributed by atoms with Crippen LogP contribution in [0, 0.1) is 19.1 Å². The minimum absolute atomic E-state index is 0. The summed E-state index contributed by atoms with van der Waals surface area (Å²) in [5, 5.41) is 7.03. The van der Waals surface area contributed by atoms with Gasteiger partial charge in [-0.1, -0.05) is 89.9 Å². The van der Waals surface area contributed by atoms with Crippen molar-refractivity contribution in [2.24, 2.45) is 0 Å². The molecule has 0 radical (unpaired) electrons. The maximum Gasteiger partial charge on any atom is 2.00 e. The summed E-state index contributed by atoms with van der Waals surface area (Å²) in [4.78, 5) is 4.80. The number of hydrogen-bond acceptors (Lipinski definition) is 3. The molecule has 5 nitrogen and oxygen atoms in total. The van der Waals surface area contributed by atoms with Crippen LogP contribution < -0.4 is 4.74 Å². The van der Waals surface area contributed by atoms with Crippen molar-refractivity contribution in [3.63, 3.8) is 0 Å². The number of hydrogen-bond donors (Lipinski definition) is 0. The number of aromatic nitrogens is 4. The van der Waals surface area contributed by atoms with Crippen LogP contribution in [0.4, 0.5) is 0 Å². The van der Waals surface area contributed by atoms with Gasteiger partial charge in [-0.05, 0) is 75.7 Å². The molecular formula is C43H42N4OPt. The van der Waals surface area contributed by atoms with E-state index in [4.69, 9.17) is 14.8 Å². The average molecular weight is 826 g/mol. The van der Waals surface area contributed by atoms with Gasteiger partial charge in [0.05, 0.1) is 6.20 Å². The Kier molecular flexibility index (Phi) is 9.44. The van der Waals surface area contributed by atoms with Crippen molar-refractivity contribution in [3.8, 4) is 34.1 Å². The molecule has 0 bridgehead atoms. The van der Waals surface area contributed by atoms with Crippen molar-refractivity contribution >= 4 is 21.8 Å². The molecule has 0 saturated heterocycles. The van der Waals surface area contributed by atoms with Gasteiger partial charge in [-0.2, -0.15) is 17.2 Å². The van der Waals surface area contributed by atoms with Crippen LogP contribution in [0.3, 0.4) is 0 Å². The molecule has 6 heteroatoms. The number of aryl methyl sites for hydroxylation is 1. The quantitative estimate of drug-likeness (QED) is 0.150. The van der Waals surface area contributed by atoms with Crippen LogP contribution in [0.1, 0.15) is 82.6 Å². The normalized spacial score (nSPS) is 11.9. The van der Waals surface area contributed by atoms with Gasteiger partial charge in [0.1, 0.15) is 5.82 Å². The largest absolute Gasteiger partial charge is 2.00 e. The predicted molar refractivity (Wildman–Crippen MR) is 197 cm³/mol. The molecule has 7 aromatic rings. The molecular weight excluding hydrogens is 784 g/mol. The molecule has 0 aliphatic carbocycles. The third-order valence-corrected chi connectivity index (χ3v) is 9.08. The van der Waals surface area contributed by atoms with E-state index in [1.54, 1.807) is 0 Å². The second-order valence-corrected chi connectivity index (χ2v) is 14.4. The van der Waals surface area contributed by atoms with Crippen LogP contribution in [0.15, 0.2) is 97.5 Å². The fourth-order valence-corrected chi connectivity index (χ4v) is 6.60. The first-order valence-corrected chi connectivity index (χ1v) is 16.8. The predicted octanol–water partition coefficient (Wildman–Crippen LogP) is 11.3. The minimum atomic E-state index is -0.00179. The second-order valence-electron chi connectivity index (χ2n) is 14.4. The maximum absolute atomic E-state index is 6.43.